The molecule has 1 aromatic rings. The molecule has 7 nitrogen and oxygen atoms in total. The van der Waals surface area contributed by atoms with E-state index in [9.17, 15) is 14.7 Å². The van der Waals surface area contributed by atoms with Crippen molar-refractivity contribution in [3.05, 3.63) is 29.8 Å². The van der Waals surface area contributed by atoms with Crippen molar-refractivity contribution in [1.82, 2.24) is 10.2 Å². The van der Waals surface area contributed by atoms with Gasteiger partial charge in [0.05, 0.1) is 6.54 Å². The number of aliphatic carboxylic acids is 1. The van der Waals surface area contributed by atoms with E-state index in [1.807, 2.05) is 36.1 Å². The van der Waals surface area contributed by atoms with Crippen LogP contribution in [-0.2, 0) is 16.0 Å². The van der Waals surface area contributed by atoms with Crippen LogP contribution in [0.5, 0.6) is 5.75 Å². The second kappa shape index (κ2) is 13.9. The minimum absolute atomic E-state index is 0.0120. The fourth-order valence-corrected chi connectivity index (χ4v) is 3.93. The first kappa shape index (κ1) is 25.0. The highest BCUT2D eigenvalue weighted by molar-refractivity contribution is 5.74. The summed E-state index contributed by atoms with van der Waals surface area (Å²) < 4.78 is 11.1. The average Bonchev–Trinajstić information content (AvgIpc) is 2.78. The molecule has 0 radical (unpaired) electrons. The molecule has 1 aromatic carbocycles. The smallest absolute Gasteiger partial charge is 0.333 e. The molecule has 1 saturated carbocycles. The molecule has 2 rings (SSSR count). The fourth-order valence-electron chi connectivity index (χ4n) is 3.93. The summed E-state index contributed by atoms with van der Waals surface area (Å²) >= 11 is 0. The number of nitrogens with zero attached hydrogens (tertiary/aromatic N) is 1. The number of nitrogens with one attached hydrogen (secondary N) is 1. The number of amides is 2. The zero-order valence-electron chi connectivity index (χ0n) is 19.0. The Morgan fingerprint density at radius 1 is 1.16 bits per heavy atom. The molecular weight excluding hydrogens is 396 g/mol. The van der Waals surface area contributed by atoms with Crippen LogP contribution in [0.3, 0.4) is 0 Å². The summed E-state index contributed by atoms with van der Waals surface area (Å²) in [5.74, 6) is 0.327. The SMILES string of the molecule is CCCNC(=O)N(CCOc1ccc(CC(OCC)C(=O)O)cc1)CC1CCCCC1. The maximum Gasteiger partial charge on any atom is 0.333 e. The molecule has 0 aromatic heterocycles. The summed E-state index contributed by atoms with van der Waals surface area (Å²) in [6, 6.07) is 7.38. The van der Waals surface area contributed by atoms with Gasteiger partial charge in [0.2, 0.25) is 0 Å². The van der Waals surface area contributed by atoms with Crippen LogP contribution >= 0.6 is 0 Å². The number of carbonyl (C=O) groups excluding carboxylic acids is 1. The Morgan fingerprint density at radius 3 is 2.48 bits per heavy atom. The average molecular weight is 435 g/mol. The molecule has 2 amide bonds. The van der Waals surface area contributed by atoms with Gasteiger partial charge in [0.15, 0.2) is 6.10 Å². The topological polar surface area (TPSA) is 88.1 Å². The highest BCUT2D eigenvalue weighted by atomic mass is 16.5. The van der Waals surface area contributed by atoms with Gasteiger partial charge in [0.25, 0.3) is 0 Å². The van der Waals surface area contributed by atoms with Crippen molar-refractivity contribution in [3.8, 4) is 5.75 Å². The van der Waals surface area contributed by atoms with Crippen LogP contribution in [0, 0.1) is 5.92 Å². The number of carboxylic acid groups (broad SMARTS) is 1. The van der Waals surface area contributed by atoms with Crippen LogP contribution in [-0.4, -0.2) is 61.0 Å². The lowest BCUT2D eigenvalue weighted by Gasteiger charge is -2.30. The standard InChI is InChI=1S/C24H38N2O5/c1-3-14-25-24(29)26(18-20-8-6-5-7-9-20)15-16-31-21-12-10-19(11-13-21)17-22(23(27)28)30-4-2/h10-13,20,22H,3-9,14-18H2,1-2H3,(H,25,29)(H,27,28). The number of benzene rings is 1. The molecule has 1 atom stereocenters. The molecule has 1 fully saturated rings. The summed E-state index contributed by atoms with van der Waals surface area (Å²) in [5.41, 5.74) is 0.881. The van der Waals surface area contributed by atoms with E-state index in [2.05, 4.69) is 5.32 Å². The largest absolute Gasteiger partial charge is 0.492 e. The Morgan fingerprint density at radius 2 is 1.87 bits per heavy atom. The number of rotatable bonds is 13. The van der Waals surface area contributed by atoms with Crippen LogP contribution in [0.2, 0.25) is 0 Å². The molecule has 31 heavy (non-hydrogen) atoms. The molecule has 1 unspecified atom stereocenters. The van der Waals surface area contributed by atoms with Crippen molar-refractivity contribution in [2.24, 2.45) is 5.92 Å². The number of hydrogen-bond acceptors (Lipinski definition) is 4. The van der Waals surface area contributed by atoms with E-state index in [0.29, 0.717) is 44.4 Å². The Kier molecular flexibility index (Phi) is 11.2. The van der Waals surface area contributed by atoms with Gasteiger partial charge in [-0.15, -0.1) is 0 Å². The minimum Gasteiger partial charge on any atom is -0.492 e. The minimum atomic E-state index is -0.957. The lowest BCUT2D eigenvalue weighted by atomic mass is 9.89. The van der Waals surface area contributed by atoms with E-state index >= 15 is 0 Å². The third-order valence-electron chi connectivity index (χ3n) is 5.63. The van der Waals surface area contributed by atoms with E-state index in [0.717, 1.165) is 18.5 Å². The number of hydrogen-bond donors (Lipinski definition) is 2. The van der Waals surface area contributed by atoms with Gasteiger partial charge in [-0.25, -0.2) is 9.59 Å². The van der Waals surface area contributed by atoms with Crippen LogP contribution in [0.1, 0.15) is 57.9 Å². The highest BCUT2D eigenvalue weighted by Crippen LogP contribution is 2.24. The van der Waals surface area contributed by atoms with Gasteiger partial charge < -0.3 is 24.8 Å². The summed E-state index contributed by atoms with van der Waals surface area (Å²) in [6.07, 6.45) is 6.58. The number of carbonyl (C=O) groups is 2. The lowest BCUT2D eigenvalue weighted by Crippen LogP contribution is -2.44. The lowest BCUT2D eigenvalue weighted by molar-refractivity contribution is -0.149. The van der Waals surface area contributed by atoms with Crippen molar-refractivity contribution in [2.45, 2.75) is 64.9 Å². The van der Waals surface area contributed by atoms with E-state index in [1.54, 1.807) is 6.92 Å². The van der Waals surface area contributed by atoms with Crippen molar-refractivity contribution < 1.29 is 24.2 Å². The molecule has 0 bridgehead atoms. The Labute approximate surface area is 186 Å². The van der Waals surface area contributed by atoms with Gasteiger partial charge in [-0.3, -0.25) is 0 Å². The van der Waals surface area contributed by atoms with Crippen LogP contribution in [0.4, 0.5) is 4.79 Å². The predicted molar refractivity (Wildman–Crippen MR) is 121 cm³/mol. The van der Waals surface area contributed by atoms with Gasteiger partial charge in [0, 0.05) is 26.1 Å². The molecular formula is C24H38N2O5. The second-order valence-electron chi connectivity index (χ2n) is 8.16. The van der Waals surface area contributed by atoms with Gasteiger partial charge >= 0.3 is 12.0 Å². The van der Waals surface area contributed by atoms with Gasteiger partial charge in [-0.05, 0) is 49.8 Å². The fraction of sp³-hybridized carbons (Fsp3) is 0.667. The molecule has 1 aliphatic rings. The molecule has 7 heteroatoms. The van der Waals surface area contributed by atoms with Gasteiger partial charge in [-0.1, -0.05) is 38.3 Å². The van der Waals surface area contributed by atoms with Crippen molar-refractivity contribution in [3.63, 3.8) is 0 Å². The first-order valence-electron chi connectivity index (χ1n) is 11.6. The number of ether oxygens (including phenoxy) is 2. The molecule has 0 spiro atoms. The maximum atomic E-state index is 12.6. The molecule has 1 aliphatic carbocycles. The van der Waals surface area contributed by atoms with Crippen LogP contribution < -0.4 is 10.1 Å². The van der Waals surface area contributed by atoms with Gasteiger partial charge in [0.1, 0.15) is 12.4 Å². The monoisotopic (exact) mass is 434 g/mol. The highest BCUT2D eigenvalue weighted by Gasteiger charge is 2.21. The van der Waals surface area contributed by atoms with Gasteiger partial charge in [-0.2, -0.15) is 0 Å². The van der Waals surface area contributed by atoms with Crippen LogP contribution in [0.15, 0.2) is 24.3 Å². The normalized spacial score (nSPS) is 15.3. The summed E-state index contributed by atoms with van der Waals surface area (Å²) in [5, 5.41) is 12.2. The van der Waals surface area contributed by atoms with E-state index in [1.165, 1.54) is 32.1 Å². The van der Waals surface area contributed by atoms with E-state index in [4.69, 9.17) is 9.47 Å². The number of carboxylic acids is 1. The Hall–Kier alpha value is -2.28. The van der Waals surface area contributed by atoms with E-state index < -0.39 is 12.1 Å². The first-order chi connectivity index (χ1) is 15.0. The molecule has 174 valence electrons. The molecule has 2 N–H and O–H groups in total. The molecule has 0 heterocycles. The number of urea groups is 1. The summed E-state index contributed by atoms with van der Waals surface area (Å²) in [4.78, 5) is 25.7. The maximum absolute atomic E-state index is 12.6. The zero-order chi connectivity index (χ0) is 22.5. The molecule has 0 saturated heterocycles. The summed E-state index contributed by atoms with van der Waals surface area (Å²) in [7, 11) is 0. The van der Waals surface area contributed by atoms with E-state index in [-0.39, 0.29) is 6.03 Å². The van der Waals surface area contributed by atoms with Crippen LogP contribution in [0.25, 0.3) is 0 Å². The zero-order valence-corrected chi connectivity index (χ0v) is 19.0. The summed E-state index contributed by atoms with van der Waals surface area (Å²) in [6.45, 7) is 6.62. The van der Waals surface area contributed by atoms with Crippen molar-refractivity contribution in [1.29, 1.82) is 0 Å². The van der Waals surface area contributed by atoms with Crippen molar-refractivity contribution in [2.75, 3.05) is 32.8 Å². The predicted octanol–water partition coefficient (Wildman–Crippen LogP) is 4.10. The third kappa shape index (κ3) is 9.17. The Balaban J connectivity index is 1.85. The first-order valence-corrected chi connectivity index (χ1v) is 11.6. The third-order valence-corrected chi connectivity index (χ3v) is 5.63. The second-order valence-corrected chi connectivity index (χ2v) is 8.16. The van der Waals surface area contributed by atoms with Crippen molar-refractivity contribution >= 4 is 12.0 Å². The quantitative estimate of drug-likeness (QED) is 0.488. The Bertz CT molecular complexity index is 658. The molecule has 0 aliphatic heterocycles.